The zero-order valence-electron chi connectivity index (χ0n) is 10.9. The summed E-state index contributed by atoms with van der Waals surface area (Å²) >= 11 is 0. The fourth-order valence-electron chi connectivity index (χ4n) is 2.52. The number of aromatic nitrogens is 3. The van der Waals surface area contributed by atoms with Crippen molar-refractivity contribution in [1.29, 1.82) is 0 Å². The summed E-state index contributed by atoms with van der Waals surface area (Å²) in [6.07, 6.45) is 8.85. The number of hydrogen-bond donors (Lipinski definition) is 1. The van der Waals surface area contributed by atoms with Gasteiger partial charge in [-0.05, 0) is 19.4 Å². The minimum absolute atomic E-state index is 0.0108. The van der Waals surface area contributed by atoms with Crippen LogP contribution in [0.15, 0.2) is 24.8 Å². The Labute approximate surface area is 111 Å². The minimum Gasteiger partial charge on any atom is -0.337 e. The van der Waals surface area contributed by atoms with Crippen LogP contribution in [-0.2, 0) is 0 Å². The molecule has 0 saturated carbocycles. The Balaban J connectivity index is 1.86. The Morgan fingerprint density at radius 2 is 2.42 bits per heavy atom. The maximum Gasteiger partial charge on any atom is 0.257 e. The molecule has 1 unspecified atom stereocenters. The highest BCUT2D eigenvalue weighted by atomic mass is 16.2. The normalized spacial score (nSPS) is 19.5. The van der Waals surface area contributed by atoms with Gasteiger partial charge in [-0.3, -0.25) is 9.78 Å². The highest BCUT2D eigenvalue weighted by Gasteiger charge is 2.24. The summed E-state index contributed by atoms with van der Waals surface area (Å²) in [5, 5.41) is 7.51. The fraction of sp³-hybridized carbons (Fsp3) is 0.462. The minimum atomic E-state index is 0.0108. The van der Waals surface area contributed by atoms with Crippen LogP contribution in [0.25, 0.3) is 5.52 Å². The number of nitrogens with one attached hydrogen (secondary N) is 1. The Hall–Kier alpha value is -1.95. The number of rotatable bonds is 2. The van der Waals surface area contributed by atoms with Crippen molar-refractivity contribution in [2.24, 2.45) is 0 Å². The molecule has 3 heterocycles. The van der Waals surface area contributed by atoms with Gasteiger partial charge in [0.05, 0.1) is 23.5 Å². The smallest absolute Gasteiger partial charge is 0.257 e. The Kier molecular flexibility index (Phi) is 3.16. The predicted molar refractivity (Wildman–Crippen MR) is 71.0 cm³/mol. The number of nitrogens with zero attached hydrogens (tertiary/aromatic N) is 4. The lowest BCUT2D eigenvalue weighted by atomic mass is 10.1. The zero-order valence-corrected chi connectivity index (χ0v) is 10.9. The molecule has 1 saturated heterocycles. The van der Waals surface area contributed by atoms with E-state index in [9.17, 15) is 4.79 Å². The van der Waals surface area contributed by atoms with E-state index in [1.165, 1.54) is 0 Å². The maximum atomic E-state index is 12.5. The zero-order chi connectivity index (χ0) is 13.2. The fourth-order valence-corrected chi connectivity index (χ4v) is 2.52. The molecule has 0 radical (unpaired) electrons. The van der Waals surface area contributed by atoms with Gasteiger partial charge in [0.2, 0.25) is 0 Å². The first-order chi connectivity index (χ1) is 9.27. The van der Waals surface area contributed by atoms with Gasteiger partial charge in [0.25, 0.3) is 5.91 Å². The van der Waals surface area contributed by atoms with E-state index in [0.29, 0.717) is 5.56 Å². The molecular formula is C13H17N5O. The summed E-state index contributed by atoms with van der Waals surface area (Å²) in [6.45, 7) is 1.90. The molecule has 2 aromatic rings. The number of carbonyl (C=O) groups excluding carboxylic acids is 1. The van der Waals surface area contributed by atoms with Gasteiger partial charge in [-0.15, -0.1) is 0 Å². The quantitative estimate of drug-likeness (QED) is 0.855. The molecule has 1 amide bonds. The van der Waals surface area contributed by atoms with Crippen LogP contribution in [0.2, 0.25) is 0 Å². The molecule has 6 nitrogen and oxygen atoms in total. The van der Waals surface area contributed by atoms with Crippen LogP contribution in [0.1, 0.15) is 23.2 Å². The molecule has 1 atom stereocenters. The first-order valence-electron chi connectivity index (χ1n) is 6.52. The van der Waals surface area contributed by atoms with Crippen molar-refractivity contribution >= 4 is 11.4 Å². The van der Waals surface area contributed by atoms with Crippen LogP contribution in [0.3, 0.4) is 0 Å². The van der Waals surface area contributed by atoms with E-state index in [-0.39, 0.29) is 11.9 Å². The number of amides is 1. The van der Waals surface area contributed by atoms with E-state index < -0.39 is 0 Å². The molecule has 0 bridgehead atoms. The van der Waals surface area contributed by atoms with Gasteiger partial charge in [-0.2, -0.15) is 5.10 Å². The van der Waals surface area contributed by atoms with E-state index in [4.69, 9.17) is 0 Å². The monoisotopic (exact) mass is 259 g/mol. The molecule has 1 fully saturated rings. The standard InChI is InChI=1S/C13H17N5O/c1-17(10-3-2-4-14-7-10)13(19)11-8-16-18-6-5-15-9-12(11)18/h5-6,8-10,14H,2-4,7H2,1H3. The third-order valence-electron chi connectivity index (χ3n) is 3.69. The van der Waals surface area contributed by atoms with Gasteiger partial charge < -0.3 is 10.2 Å². The maximum absolute atomic E-state index is 12.5. The number of hydrogen-bond acceptors (Lipinski definition) is 4. The van der Waals surface area contributed by atoms with Crippen LogP contribution in [0.4, 0.5) is 0 Å². The lowest BCUT2D eigenvalue weighted by Gasteiger charge is -2.31. The second kappa shape index (κ2) is 4.97. The van der Waals surface area contributed by atoms with Gasteiger partial charge in [0.15, 0.2) is 0 Å². The van der Waals surface area contributed by atoms with Gasteiger partial charge in [0.1, 0.15) is 0 Å². The predicted octanol–water partition coefficient (Wildman–Crippen LogP) is 0.553. The molecule has 100 valence electrons. The lowest BCUT2D eigenvalue weighted by molar-refractivity contribution is 0.0710. The van der Waals surface area contributed by atoms with Gasteiger partial charge in [-0.25, -0.2) is 4.52 Å². The average Bonchev–Trinajstić information content (AvgIpc) is 2.90. The van der Waals surface area contributed by atoms with Crippen LogP contribution in [0, 0.1) is 0 Å². The van der Waals surface area contributed by atoms with Gasteiger partial charge in [-0.1, -0.05) is 0 Å². The molecule has 0 aromatic carbocycles. The van der Waals surface area contributed by atoms with Crippen molar-refractivity contribution in [1.82, 2.24) is 24.8 Å². The van der Waals surface area contributed by atoms with Crippen LogP contribution in [-0.4, -0.2) is 51.6 Å². The van der Waals surface area contributed by atoms with Crippen molar-refractivity contribution in [2.75, 3.05) is 20.1 Å². The summed E-state index contributed by atoms with van der Waals surface area (Å²) in [5.74, 6) is 0.0108. The third kappa shape index (κ3) is 2.19. The van der Waals surface area contributed by atoms with Crippen molar-refractivity contribution in [3.05, 3.63) is 30.4 Å². The Morgan fingerprint density at radius 1 is 1.53 bits per heavy atom. The summed E-state index contributed by atoms with van der Waals surface area (Å²) < 4.78 is 1.67. The van der Waals surface area contributed by atoms with Crippen molar-refractivity contribution in [3.63, 3.8) is 0 Å². The number of piperidine rings is 1. The summed E-state index contributed by atoms with van der Waals surface area (Å²) in [7, 11) is 1.86. The molecule has 1 aliphatic heterocycles. The molecule has 6 heteroatoms. The van der Waals surface area contributed by atoms with E-state index in [1.807, 2.05) is 11.9 Å². The average molecular weight is 259 g/mol. The highest BCUT2D eigenvalue weighted by molar-refractivity contribution is 6.00. The van der Waals surface area contributed by atoms with Crippen molar-refractivity contribution in [3.8, 4) is 0 Å². The first-order valence-corrected chi connectivity index (χ1v) is 6.52. The first kappa shape index (κ1) is 12.1. The van der Waals surface area contributed by atoms with Crippen molar-refractivity contribution in [2.45, 2.75) is 18.9 Å². The topological polar surface area (TPSA) is 62.5 Å². The van der Waals surface area contributed by atoms with Crippen molar-refractivity contribution < 1.29 is 4.79 Å². The van der Waals surface area contributed by atoms with Crippen LogP contribution >= 0.6 is 0 Å². The molecule has 1 aliphatic rings. The van der Waals surface area contributed by atoms with E-state index in [1.54, 1.807) is 29.3 Å². The van der Waals surface area contributed by atoms with Crippen LogP contribution in [0.5, 0.6) is 0 Å². The number of carbonyl (C=O) groups is 1. The summed E-state index contributed by atoms with van der Waals surface area (Å²) in [6, 6.07) is 0.257. The molecule has 0 spiro atoms. The highest BCUT2D eigenvalue weighted by Crippen LogP contribution is 2.15. The van der Waals surface area contributed by atoms with Crippen LogP contribution < -0.4 is 5.32 Å². The SMILES string of the molecule is CN(C(=O)c1cnn2ccncc12)C1CCCNC1. The summed E-state index contributed by atoms with van der Waals surface area (Å²) in [5.41, 5.74) is 1.37. The van der Waals surface area contributed by atoms with Gasteiger partial charge in [0, 0.05) is 32.0 Å². The number of likely N-dealkylation sites (N-methyl/N-ethyl adjacent to an activating group) is 1. The second-order valence-electron chi connectivity index (χ2n) is 4.88. The molecule has 2 aromatic heterocycles. The molecular weight excluding hydrogens is 242 g/mol. The summed E-state index contributed by atoms with van der Waals surface area (Å²) in [4.78, 5) is 18.4. The lowest BCUT2D eigenvalue weighted by Crippen LogP contribution is -2.46. The second-order valence-corrected chi connectivity index (χ2v) is 4.88. The number of fused-ring (bicyclic) bond motifs is 1. The van der Waals surface area contributed by atoms with E-state index >= 15 is 0 Å². The molecule has 3 rings (SSSR count). The third-order valence-corrected chi connectivity index (χ3v) is 3.69. The Morgan fingerprint density at radius 3 is 3.21 bits per heavy atom. The van der Waals surface area contributed by atoms with E-state index in [2.05, 4.69) is 15.4 Å². The van der Waals surface area contributed by atoms with Gasteiger partial charge >= 0.3 is 0 Å². The van der Waals surface area contributed by atoms with E-state index in [0.717, 1.165) is 31.4 Å². The largest absolute Gasteiger partial charge is 0.337 e. The molecule has 1 N–H and O–H groups in total. The molecule has 19 heavy (non-hydrogen) atoms. The molecule has 0 aliphatic carbocycles. The Bertz CT molecular complexity index is 587.